The average Bonchev–Trinajstić information content (AvgIpc) is 2.67. The van der Waals surface area contributed by atoms with Crippen LogP contribution in [0.2, 0.25) is 0 Å². The summed E-state index contributed by atoms with van der Waals surface area (Å²) in [5, 5.41) is 5.53. The number of carbonyl (C=O) groups is 2. The number of carbonyl (C=O) groups excluding carboxylic acids is 2. The Morgan fingerprint density at radius 3 is 2.33 bits per heavy atom. The normalized spacial score (nSPS) is 11.7. The molecule has 1 atom stereocenters. The Labute approximate surface area is 160 Å². The number of likely N-dealkylation sites (N-methyl/N-ethyl adjacent to an activating group) is 1. The van der Waals surface area contributed by atoms with E-state index in [1.54, 1.807) is 24.3 Å². The number of rotatable bonds is 9. The summed E-state index contributed by atoms with van der Waals surface area (Å²) in [6.45, 7) is 2.70. The zero-order valence-corrected chi connectivity index (χ0v) is 16.1. The SMILES string of the molecule is CCOc1ccccc1C(=O)NCC(=O)NCC(c1ccccc1)N(C)C. The van der Waals surface area contributed by atoms with Crippen molar-refractivity contribution in [3.8, 4) is 5.75 Å². The number of nitrogens with one attached hydrogen (secondary N) is 2. The zero-order chi connectivity index (χ0) is 19.6. The van der Waals surface area contributed by atoms with Crippen LogP contribution in [0.4, 0.5) is 0 Å². The van der Waals surface area contributed by atoms with Gasteiger partial charge in [-0.25, -0.2) is 0 Å². The second-order valence-electron chi connectivity index (χ2n) is 6.31. The maximum Gasteiger partial charge on any atom is 0.255 e. The third kappa shape index (κ3) is 6.11. The minimum atomic E-state index is -0.332. The number of hydrogen-bond acceptors (Lipinski definition) is 4. The molecule has 144 valence electrons. The smallest absolute Gasteiger partial charge is 0.255 e. The lowest BCUT2D eigenvalue weighted by Crippen LogP contribution is -2.40. The zero-order valence-electron chi connectivity index (χ0n) is 16.1. The Hall–Kier alpha value is -2.86. The van der Waals surface area contributed by atoms with E-state index < -0.39 is 0 Å². The summed E-state index contributed by atoms with van der Waals surface area (Å²) in [6.07, 6.45) is 0. The number of ether oxygens (including phenoxy) is 1. The summed E-state index contributed by atoms with van der Waals surface area (Å²) in [7, 11) is 3.94. The third-order valence-electron chi connectivity index (χ3n) is 4.14. The molecule has 6 heteroatoms. The predicted molar refractivity (Wildman–Crippen MR) is 106 cm³/mol. The van der Waals surface area contributed by atoms with Gasteiger partial charge in [0.25, 0.3) is 5.91 Å². The van der Waals surface area contributed by atoms with Gasteiger partial charge >= 0.3 is 0 Å². The quantitative estimate of drug-likeness (QED) is 0.711. The van der Waals surface area contributed by atoms with Crippen LogP contribution in [0, 0.1) is 0 Å². The van der Waals surface area contributed by atoms with Crippen LogP contribution >= 0.6 is 0 Å². The van der Waals surface area contributed by atoms with Crippen molar-refractivity contribution in [3.05, 3.63) is 65.7 Å². The summed E-state index contributed by atoms with van der Waals surface area (Å²) < 4.78 is 5.45. The largest absolute Gasteiger partial charge is 0.493 e. The number of benzene rings is 2. The molecule has 0 aliphatic rings. The minimum absolute atomic E-state index is 0.0598. The molecule has 0 aliphatic carbocycles. The fourth-order valence-corrected chi connectivity index (χ4v) is 2.74. The fraction of sp³-hybridized carbons (Fsp3) is 0.333. The van der Waals surface area contributed by atoms with E-state index in [2.05, 4.69) is 10.6 Å². The first kappa shape index (κ1) is 20.5. The van der Waals surface area contributed by atoms with Crippen molar-refractivity contribution in [2.75, 3.05) is 33.8 Å². The van der Waals surface area contributed by atoms with E-state index in [1.807, 2.05) is 56.3 Å². The van der Waals surface area contributed by atoms with E-state index in [1.165, 1.54) is 0 Å². The molecule has 0 aliphatic heterocycles. The van der Waals surface area contributed by atoms with Crippen LogP contribution < -0.4 is 15.4 Å². The molecule has 2 rings (SSSR count). The van der Waals surface area contributed by atoms with Crippen LogP contribution in [-0.4, -0.2) is 50.5 Å². The van der Waals surface area contributed by atoms with Gasteiger partial charge in [-0.1, -0.05) is 42.5 Å². The van der Waals surface area contributed by atoms with Crippen molar-refractivity contribution in [2.45, 2.75) is 13.0 Å². The first-order valence-electron chi connectivity index (χ1n) is 9.01. The Morgan fingerprint density at radius 1 is 1.00 bits per heavy atom. The predicted octanol–water partition coefficient (Wildman–Crippen LogP) is 2.23. The van der Waals surface area contributed by atoms with E-state index >= 15 is 0 Å². The van der Waals surface area contributed by atoms with Crippen LogP contribution in [0.15, 0.2) is 54.6 Å². The van der Waals surface area contributed by atoms with Gasteiger partial charge in [-0.15, -0.1) is 0 Å². The second kappa shape index (κ2) is 10.3. The third-order valence-corrected chi connectivity index (χ3v) is 4.14. The van der Waals surface area contributed by atoms with E-state index in [0.717, 1.165) is 5.56 Å². The average molecular weight is 369 g/mol. The topological polar surface area (TPSA) is 70.7 Å². The van der Waals surface area contributed by atoms with Crippen molar-refractivity contribution in [1.82, 2.24) is 15.5 Å². The van der Waals surface area contributed by atoms with Crippen molar-refractivity contribution in [1.29, 1.82) is 0 Å². The Kier molecular flexibility index (Phi) is 7.82. The van der Waals surface area contributed by atoms with Gasteiger partial charge in [-0.3, -0.25) is 9.59 Å². The van der Waals surface area contributed by atoms with E-state index in [4.69, 9.17) is 4.74 Å². The van der Waals surface area contributed by atoms with Gasteiger partial charge in [0.05, 0.1) is 24.8 Å². The fourth-order valence-electron chi connectivity index (χ4n) is 2.74. The summed E-state index contributed by atoms with van der Waals surface area (Å²) in [5.74, 6) is -0.0592. The number of amides is 2. The molecular formula is C21H27N3O3. The number of nitrogens with zero attached hydrogens (tertiary/aromatic N) is 1. The van der Waals surface area contributed by atoms with Crippen LogP contribution in [0.5, 0.6) is 5.75 Å². The Balaban J connectivity index is 1.88. The molecule has 0 saturated heterocycles. The highest BCUT2D eigenvalue weighted by atomic mass is 16.5. The van der Waals surface area contributed by atoms with E-state index in [9.17, 15) is 9.59 Å². The van der Waals surface area contributed by atoms with Gasteiger partial charge in [-0.05, 0) is 38.7 Å². The monoisotopic (exact) mass is 369 g/mol. The van der Waals surface area contributed by atoms with Gasteiger partial charge < -0.3 is 20.3 Å². The highest BCUT2D eigenvalue weighted by molar-refractivity contribution is 5.98. The molecule has 1 unspecified atom stereocenters. The molecule has 2 amide bonds. The maximum atomic E-state index is 12.3. The van der Waals surface area contributed by atoms with Crippen molar-refractivity contribution in [3.63, 3.8) is 0 Å². The summed E-state index contributed by atoms with van der Waals surface area (Å²) >= 11 is 0. The molecule has 6 nitrogen and oxygen atoms in total. The molecule has 0 radical (unpaired) electrons. The number of para-hydroxylation sites is 1. The van der Waals surface area contributed by atoms with Crippen molar-refractivity contribution in [2.24, 2.45) is 0 Å². The molecular weight excluding hydrogens is 342 g/mol. The van der Waals surface area contributed by atoms with E-state index in [-0.39, 0.29) is 24.4 Å². The molecule has 0 saturated carbocycles. The first-order chi connectivity index (χ1) is 13.0. The lowest BCUT2D eigenvalue weighted by atomic mass is 10.1. The van der Waals surface area contributed by atoms with Crippen LogP contribution in [0.1, 0.15) is 28.9 Å². The summed E-state index contributed by atoms with van der Waals surface area (Å²) in [4.78, 5) is 26.6. The maximum absolute atomic E-state index is 12.3. The molecule has 0 fully saturated rings. The van der Waals surface area contributed by atoms with E-state index in [0.29, 0.717) is 24.5 Å². The lowest BCUT2D eigenvalue weighted by Gasteiger charge is -2.25. The molecule has 0 bridgehead atoms. The van der Waals surface area contributed by atoms with Gasteiger partial charge in [0.2, 0.25) is 5.91 Å². The summed E-state index contributed by atoms with van der Waals surface area (Å²) in [6, 6.07) is 17.0. The molecule has 2 aromatic rings. The van der Waals surface area contributed by atoms with Crippen LogP contribution in [0.3, 0.4) is 0 Å². The van der Waals surface area contributed by atoms with Crippen molar-refractivity contribution < 1.29 is 14.3 Å². The molecule has 2 N–H and O–H groups in total. The standard InChI is InChI=1S/C21H27N3O3/c1-4-27-19-13-9-8-12-17(19)21(26)23-15-20(25)22-14-18(24(2)3)16-10-6-5-7-11-16/h5-13,18H,4,14-15H2,1-3H3,(H,22,25)(H,23,26). The molecule has 0 heterocycles. The first-order valence-corrected chi connectivity index (χ1v) is 9.01. The minimum Gasteiger partial charge on any atom is -0.493 e. The van der Waals surface area contributed by atoms with Gasteiger partial charge in [0.15, 0.2) is 0 Å². The van der Waals surface area contributed by atoms with Gasteiger partial charge in [0, 0.05) is 6.54 Å². The Bertz CT molecular complexity index is 747. The lowest BCUT2D eigenvalue weighted by molar-refractivity contribution is -0.120. The molecule has 27 heavy (non-hydrogen) atoms. The van der Waals surface area contributed by atoms with Gasteiger partial charge in [-0.2, -0.15) is 0 Å². The number of hydrogen-bond donors (Lipinski definition) is 2. The molecule has 0 spiro atoms. The van der Waals surface area contributed by atoms with Crippen LogP contribution in [-0.2, 0) is 4.79 Å². The summed E-state index contributed by atoms with van der Waals surface area (Å²) in [5.41, 5.74) is 1.54. The van der Waals surface area contributed by atoms with Gasteiger partial charge in [0.1, 0.15) is 5.75 Å². The van der Waals surface area contributed by atoms with Crippen LogP contribution in [0.25, 0.3) is 0 Å². The molecule has 2 aromatic carbocycles. The highest BCUT2D eigenvalue weighted by Gasteiger charge is 2.16. The van der Waals surface area contributed by atoms with Crippen molar-refractivity contribution >= 4 is 11.8 Å². The molecule has 0 aromatic heterocycles. The Morgan fingerprint density at radius 2 is 1.67 bits per heavy atom. The second-order valence-corrected chi connectivity index (χ2v) is 6.31. The highest BCUT2D eigenvalue weighted by Crippen LogP contribution is 2.18.